The highest BCUT2D eigenvalue weighted by molar-refractivity contribution is 5.84. The molecule has 190 valence electrons. The first-order valence-electron chi connectivity index (χ1n) is 12.1. The Morgan fingerprint density at radius 2 is 1.82 bits per heavy atom. The lowest BCUT2D eigenvalue weighted by Crippen LogP contribution is -2.46. The van der Waals surface area contributed by atoms with Crippen molar-refractivity contribution in [2.75, 3.05) is 26.2 Å². The van der Waals surface area contributed by atoms with Gasteiger partial charge in [-0.05, 0) is 76.5 Å². The van der Waals surface area contributed by atoms with Gasteiger partial charge in [-0.2, -0.15) is 13.2 Å². The van der Waals surface area contributed by atoms with Gasteiger partial charge in [-0.1, -0.05) is 25.2 Å². The number of nitrogens with one attached hydrogen (secondary N) is 1. The van der Waals surface area contributed by atoms with Crippen molar-refractivity contribution in [3.05, 3.63) is 35.1 Å². The Morgan fingerprint density at radius 3 is 2.41 bits per heavy atom. The highest BCUT2D eigenvalue weighted by Crippen LogP contribution is 2.35. The molecular weight excluding hydrogens is 447 g/mol. The van der Waals surface area contributed by atoms with Gasteiger partial charge in [-0.25, -0.2) is 4.79 Å². The molecule has 1 fully saturated rings. The van der Waals surface area contributed by atoms with Crippen molar-refractivity contribution in [3.8, 4) is 0 Å². The average molecular weight is 484 g/mol. The number of hydrogen-bond acceptors (Lipinski definition) is 4. The standard InChI is InChI=1S/C25H36F3N3O3/c1-5-30(16-17-11-13-31(14-12-17)23(33)34-24(2,3)4)19-9-10-20-18(15-19)7-6-8-21(20)29-22(32)25(26,27)28/h7-8,10,17,19H,5-6,9,11-16H2,1-4H3,(H,29,32). The fourth-order valence-electron chi connectivity index (χ4n) is 4.82. The number of piperidine rings is 1. The molecule has 0 aromatic heterocycles. The van der Waals surface area contributed by atoms with Crippen molar-refractivity contribution in [1.29, 1.82) is 0 Å². The summed E-state index contributed by atoms with van der Waals surface area (Å²) in [4.78, 5) is 28.0. The second kappa shape index (κ2) is 10.5. The lowest BCUT2D eigenvalue weighted by Gasteiger charge is -2.39. The van der Waals surface area contributed by atoms with Gasteiger partial charge < -0.3 is 15.0 Å². The van der Waals surface area contributed by atoms with Crippen LogP contribution in [0.3, 0.4) is 0 Å². The van der Waals surface area contributed by atoms with Crippen LogP contribution in [-0.2, 0) is 9.53 Å². The maximum atomic E-state index is 12.7. The Labute approximate surface area is 199 Å². The van der Waals surface area contributed by atoms with Crippen LogP contribution in [0.1, 0.15) is 59.8 Å². The van der Waals surface area contributed by atoms with Crippen LogP contribution in [0.25, 0.3) is 0 Å². The van der Waals surface area contributed by atoms with Crippen molar-refractivity contribution in [2.45, 2.75) is 77.6 Å². The van der Waals surface area contributed by atoms with E-state index in [9.17, 15) is 22.8 Å². The molecule has 0 aromatic carbocycles. The van der Waals surface area contributed by atoms with Crippen LogP contribution in [0, 0.1) is 5.92 Å². The van der Waals surface area contributed by atoms with Crippen LogP contribution in [0.5, 0.6) is 0 Å². The van der Waals surface area contributed by atoms with E-state index < -0.39 is 17.7 Å². The van der Waals surface area contributed by atoms with E-state index in [4.69, 9.17) is 4.74 Å². The zero-order valence-electron chi connectivity index (χ0n) is 20.5. The van der Waals surface area contributed by atoms with Crippen molar-refractivity contribution in [2.24, 2.45) is 5.92 Å². The molecule has 1 unspecified atom stereocenters. The summed E-state index contributed by atoms with van der Waals surface area (Å²) in [6.07, 6.45) is 4.27. The molecule has 1 atom stereocenters. The predicted molar refractivity (Wildman–Crippen MR) is 124 cm³/mol. The van der Waals surface area contributed by atoms with E-state index in [1.54, 1.807) is 11.0 Å². The molecule has 0 aromatic rings. The van der Waals surface area contributed by atoms with Crippen LogP contribution in [0.4, 0.5) is 18.0 Å². The molecule has 34 heavy (non-hydrogen) atoms. The van der Waals surface area contributed by atoms with E-state index in [0.29, 0.717) is 31.0 Å². The monoisotopic (exact) mass is 483 g/mol. The molecule has 0 bridgehead atoms. The first-order chi connectivity index (χ1) is 15.9. The Balaban J connectivity index is 1.55. The molecular formula is C25H36F3N3O3. The van der Waals surface area contributed by atoms with E-state index >= 15 is 0 Å². The number of carbonyl (C=O) groups is 2. The third kappa shape index (κ3) is 6.87. The van der Waals surface area contributed by atoms with Gasteiger partial charge in [0.25, 0.3) is 0 Å². The number of rotatable bonds is 5. The van der Waals surface area contributed by atoms with E-state index in [1.165, 1.54) is 0 Å². The first kappa shape index (κ1) is 26.3. The molecule has 0 radical (unpaired) electrons. The summed E-state index contributed by atoms with van der Waals surface area (Å²) < 4.78 is 43.6. The molecule has 1 N–H and O–H groups in total. The van der Waals surface area contributed by atoms with Crippen molar-refractivity contribution >= 4 is 12.0 Å². The minimum absolute atomic E-state index is 0.256. The van der Waals surface area contributed by atoms with Gasteiger partial charge in [0, 0.05) is 31.4 Å². The second-order valence-corrected chi connectivity index (χ2v) is 10.2. The fraction of sp³-hybridized carbons (Fsp3) is 0.680. The zero-order valence-corrected chi connectivity index (χ0v) is 20.5. The van der Waals surface area contributed by atoms with Gasteiger partial charge in [0.15, 0.2) is 0 Å². The van der Waals surface area contributed by atoms with E-state index in [1.807, 2.05) is 38.2 Å². The Bertz CT molecular complexity index is 863. The third-order valence-corrected chi connectivity index (χ3v) is 6.56. The van der Waals surface area contributed by atoms with Crippen molar-refractivity contribution < 1.29 is 27.5 Å². The van der Waals surface area contributed by atoms with E-state index in [0.717, 1.165) is 44.3 Å². The summed E-state index contributed by atoms with van der Waals surface area (Å²) in [5.41, 5.74) is 1.46. The van der Waals surface area contributed by atoms with Crippen molar-refractivity contribution in [1.82, 2.24) is 15.1 Å². The Hall–Kier alpha value is -2.29. The van der Waals surface area contributed by atoms with E-state index in [2.05, 4.69) is 11.8 Å². The molecule has 0 saturated carbocycles. The summed E-state index contributed by atoms with van der Waals surface area (Å²) in [6, 6.07) is 0.265. The first-order valence-corrected chi connectivity index (χ1v) is 12.1. The number of carbonyl (C=O) groups excluding carboxylic acids is 2. The number of amides is 2. The Morgan fingerprint density at radius 1 is 1.15 bits per heavy atom. The van der Waals surface area contributed by atoms with Gasteiger partial charge in [0.05, 0.1) is 0 Å². The molecule has 1 aliphatic heterocycles. The number of fused-ring (bicyclic) bond motifs is 1. The number of nitrogens with zero attached hydrogens (tertiary/aromatic N) is 2. The lowest BCUT2D eigenvalue weighted by molar-refractivity contribution is -0.172. The molecule has 2 amide bonds. The largest absolute Gasteiger partial charge is 0.471 e. The van der Waals surface area contributed by atoms with Crippen LogP contribution < -0.4 is 5.32 Å². The molecule has 1 heterocycles. The number of allylic oxidation sites excluding steroid dienone is 3. The summed E-state index contributed by atoms with van der Waals surface area (Å²) in [5, 5.41) is 2.04. The van der Waals surface area contributed by atoms with Gasteiger partial charge in [-0.3, -0.25) is 9.69 Å². The topological polar surface area (TPSA) is 61.9 Å². The Kier molecular flexibility index (Phi) is 8.16. The van der Waals surface area contributed by atoms with Crippen LogP contribution >= 0.6 is 0 Å². The minimum atomic E-state index is -4.90. The summed E-state index contributed by atoms with van der Waals surface area (Å²) in [7, 11) is 0. The van der Waals surface area contributed by atoms with Gasteiger partial charge >= 0.3 is 18.2 Å². The molecule has 3 aliphatic rings. The van der Waals surface area contributed by atoms with Gasteiger partial charge in [-0.15, -0.1) is 0 Å². The molecule has 0 spiro atoms. The molecule has 6 nitrogen and oxygen atoms in total. The van der Waals surface area contributed by atoms with Crippen LogP contribution in [0.15, 0.2) is 35.1 Å². The summed E-state index contributed by atoms with van der Waals surface area (Å²) in [5.74, 6) is -1.46. The highest BCUT2D eigenvalue weighted by atomic mass is 19.4. The SMILES string of the molecule is CCN(CC1CCN(C(=O)OC(C)(C)C)CC1)C1CC=C2C(=CCC=C2NC(=O)C(F)(F)F)C1. The smallest absolute Gasteiger partial charge is 0.444 e. The second-order valence-electron chi connectivity index (χ2n) is 10.2. The summed E-state index contributed by atoms with van der Waals surface area (Å²) >= 11 is 0. The number of alkyl halides is 3. The van der Waals surface area contributed by atoms with E-state index in [-0.39, 0.29) is 17.8 Å². The van der Waals surface area contributed by atoms with Crippen LogP contribution in [0.2, 0.25) is 0 Å². The van der Waals surface area contributed by atoms with Crippen LogP contribution in [-0.4, -0.2) is 65.8 Å². The molecule has 2 aliphatic carbocycles. The number of halogens is 3. The normalized spacial score (nSPS) is 21.9. The third-order valence-electron chi connectivity index (χ3n) is 6.56. The highest BCUT2D eigenvalue weighted by Gasteiger charge is 2.40. The maximum absolute atomic E-state index is 12.7. The summed E-state index contributed by atoms with van der Waals surface area (Å²) in [6.45, 7) is 10.9. The number of likely N-dealkylation sites (tertiary alicyclic amines) is 1. The molecule has 3 rings (SSSR count). The van der Waals surface area contributed by atoms with Gasteiger partial charge in [0.1, 0.15) is 5.60 Å². The molecule has 9 heteroatoms. The van der Waals surface area contributed by atoms with Crippen molar-refractivity contribution in [3.63, 3.8) is 0 Å². The number of hydrogen-bond donors (Lipinski definition) is 1. The maximum Gasteiger partial charge on any atom is 0.471 e. The minimum Gasteiger partial charge on any atom is -0.444 e. The van der Waals surface area contributed by atoms with Gasteiger partial charge in [0.2, 0.25) is 0 Å². The fourth-order valence-corrected chi connectivity index (χ4v) is 4.82. The molecule has 1 saturated heterocycles. The quantitative estimate of drug-likeness (QED) is 0.602. The number of ether oxygens (including phenoxy) is 1. The lowest BCUT2D eigenvalue weighted by atomic mass is 9.83. The average Bonchev–Trinajstić information content (AvgIpc) is 2.76. The predicted octanol–water partition coefficient (Wildman–Crippen LogP) is 4.94. The zero-order chi connectivity index (χ0) is 25.1.